The molecule has 2 amide bonds. The zero-order chi connectivity index (χ0) is 25.5. The molecule has 0 saturated carbocycles. The van der Waals surface area contributed by atoms with Crippen molar-refractivity contribution in [3.05, 3.63) is 114 Å². The van der Waals surface area contributed by atoms with Crippen molar-refractivity contribution in [2.45, 2.75) is 13.5 Å². The lowest BCUT2D eigenvalue weighted by atomic mass is 10.0. The molecule has 0 radical (unpaired) electrons. The van der Waals surface area contributed by atoms with Crippen molar-refractivity contribution in [1.29, 1.82) is 0 Å². The molecule has 0 aliphatic carbocycles. The van der Waals surface area contributed by atoms with E-state index in [0.29, 0.717) is 6.54 Å². The third kappa shape index (κ3) is 5.82. The molecule has 2 N–H and O–H groups in total. The number of anilines is 1. The topological polar surface area (TPSA) is 97.4 Å². The Morgan fingerprint density at radius 1 is 0.917 bits per heavy atom. The van der Waals surface area contributed by atoms with Crippen LogP contribution in [0.15, 0.2) is 91.3 Å². The standard InChI is InChI=1S/C29H25N3O4/c1-19(22-10-9-21-7-3-4-8-23(21)15-22)14-27(33)32-26-16-24(11-12-25(26)29(35)36-2)28(34)31-18-20-6-5-13-30-17-20/h3-17H,18H2,1-2H3,(H,31,34)(H,32,33). The molecular formula is C29H25N3O4. The van der Waals surface area contributed by atoms with Crippen LogP contribution in [0.3, 0.4) is 0 Å². The minimum Gasteiger partial charge on any atom is -0.465 e. The van der Waals surface area contributed by atoms with E-state index in [4.69, 9.17) is 4.74 Å². The van der Waals surface area contributed by atoms with E-state index >= 15 is 0 Å². The summed E-state index contributed by atoms with van der Waals surface area (Å²) in [6.07, 6.45) is 4.78. The third-order valence-electron chi connectivity index (χ3n) is 5.67. The van der Waals surface area contributed by atoms with Crippen LogP contribution in [0.4, 0.5) is 5.69 Å². The Bertz CT molecular complexity index is 1460. The van der Waals surface area contributed by atoms with E-state index in [1.165, 1.54) is 31.4 Å². The van der Waals surface area contributed by atoms with Gasteiger partial charge in [0.15, 0.2) is 0 Å². The highest BCUT2D eigenvalue weighted by Gasteiger charge is 2.17. The van der Waals surface area contributed by atoms with Gasteiger partial charge in [-0.15, -0.1) is 0 Å². The summed E-state index contributed by atoms with van der Waals surface area (Å²) in [4.78, 5) is 41.9. The number of nitrogens with zero attached hydrogens (tertiary/aromatic N) is 1. The first-order chi connectivity index (χ1) is 17.4. The number of carbonyl (C=O) groups excluding carboxylic acids is 3. The van der Waals surface area contributed by atoms with E-state index in [1.54, 1.807) is 18.5 Å². The molecular weight excluding hydrogens is 454 g/mol. The zero-order valence-electron chi connectivity index (χ0n) is 19.9. The third-order valence-corrected chi connectivity index (χ3v) is 5.67. The lowest BCUT2D eigenvalue weighted by molar-refractivity contribution is -0.111. The van der Waals surface area contributed by atoms with Crippen LogP contribution in [-0.2, 0) is 16.1 Å². The molecule has 0 spiro atoms. The Hall–Kier alpha value is -4.78. The first-order valence-electron chi connectivity index (χ1n) is 11.3. The van der Waals surface area contributed by atoms with Crippen molar-refractivity contribution in [2.75, 3.05) is 12.4 Å². The van der Waals surface area contributed by atoms with Gasteiger partial charge in [-0.2, -0.15) is 0 Å². The van der Waals surface area contributed by atoms with Crippen molar-refractivity contribution in [3.63, 3.8) is 0 Å². The van der Waals surface area contributed by atoms with Gasteiger partial charge in [0, 0.05) is 30.6 Å². The summed E-state index contributed by atoms with van der Waals surface area (Å²) in [5, 5.41) is 7.71. The average Bonchev–Trinajstić information content (AvgIpc) is 2.91. The first-order valence-corrected chi connectivity index (χ1v) is 11.3. The molecule has 180 valence electrons. The van der Waals surface area contributed by atoms with Crippen LogP contribution in [-0.4, -0.2) is 29.9 Å². The molecule has 4 aromatic rings. The molecule has 0 aliphatic heterocycles. The predicted octanol–water partition coefficient (Wildman–Crippen LogP) is 4.99. The van der Waals surface area contributed by atoms with Gasteiger partial charge in [-0.3, -0.25) is 14.6 Å². The number of esters is 1. The summed E-state index contributed by atoms with van der Waals surface area (Å²) in [6, 6.07) is 22.0. The lowest BCUT2D eigenvalue weighted by Gasteiger charge is -2.12. The fourth-order valence-electron chi connectivity index (χ4n) is 3.75. The minimum atomic E-state index is -0.622. The second kappa shape index (κ2) is 11.1. The molecule has 3 aromatic carbocycles. The number of amides is 2. The molecule has 0 unspecified atom stereocenters. The number of hydrogen-bond acceptors (Lipinski definition) is 5. The molecule has 0 bridgehead atoms. The molecule has 0 saturated heterocycles. The summed E-state index contributed by atoms with van der Waals surface area (Å²) in [6.45, 7) is 2.13. The highest BCUT2D eigenvalue weighted by atomic mass is 16.5. The van der Waals surface area contributed by atoms with E-state index in [1.807, 2.05) is 55.5 Å². The number of nitrogens with one attached hydrogen (secondary N) is 2. The normalized spacial score (nSPS) is 11.1. The number of benzene rings is 3. The number of pyridine rings is 1. The van der Waals surface area contributed by atoms with Gasteiger partial charge in [0.25, 0.3) is 5.91 Å². The number of fused-ring (bicyclic) bond motifs is 1. The van der Waals surface area contributed by atoms with Crippen LogP contribution in [0.1, 0.15) is 38.8 Å². The SMILES string of the molecule is COC(=O)c1ccc(C(=O)NCc2cccnc2)cc1NC(=O)C=C(C)c1ccc2ccccc2c1. The number of ether oxygens (including phenoxy) is 1. The summed E-state index contributed by atoms with van der Waals surface area (Å²) in [5.74, 6) is -1.41. The van der Waals surface area contributed by atoms with Crippen molar-refractivity contribution in [3.8, 4) is 0 Å². The predicted molar refractivity (Wildman–Crippen MR) is 139 cm³/mol. The minimum absolute atomic E-state index is 0.145. The van der Waals surface area contributed by atoms with Gasteiger partial charge >= 0.3 is 5.97 Å². The van der Waals surface area contributed by atoms with Gasteiger partial charge in [-0.1, -0.05) is 42.5 Å². The first kappa shape index (κ1) is 24.3. The van der Waals surface area contributed by atoms with E-state index in [9.17, 15) is 14.4 Å². The monoisotopic (exact) mass is 479 g/mol. The van der Waals surface area contributed by atoms with Gasteiger partial charge in [0.2, 0.25) is 5.91 Å². The maximum Gasteiger partial charge on any atom is 0.339 e. The Kier molecular flexibility index (Phi) is 7.51. The van der Waals surface area contributed by atoms with E-state index < -0.39 is 11.9 Å². The molecule has 7 nitrogen and oxygen atoms in total. The van der Waals surface area contributed by atoms with Crippen LogP contribution >= 0.6 is 0 Å². The Morgan fingerprint density at radius 2 is 1.69 bits per heavy atom. The van der Waals surface area contributed by atoms with Crippen molar-refractivity contribution >= 4 is 39.8 Å². The summed E-state index contributed by atoms with van der Waals surface area (Å²) < 4.78 is 4.84. The van der Waals surface area contributed by atoms with Crippen molar-refractivity contribution < 1.29 is 19.1 Å². The van der Waals surface area contributed by atoms with Crippen LogP contribution in [0.5, 0.6) is 0 Å². The average molecular weight is 480 g/mol. The second-order valence-electron chi connectivity index (χ2n) is 8.17. The molecule has 7 heteroatoms. The quantitative estimate of drug-likeness (QED) is 0.287. The summed E-state index contributed by atoms with van der Waals surface area (Å²) in [7, 11) is 1.26. The fourth-order valence-corrected chi connectivity index (χ4v) is 3.75. The maximum absolute atomic E-state index is 12.9. The van der Waals surface area contributed by atoms with Crippen LogP contribution in [0.25, 0.3) is 16.3 Å². The summed E-state index contributed by atoms with van der Waals surface area (Å²) >= 11 is 0. The smallest absolute Gasteiger partial charge is 0.339 e. The fraction of sp³-hybridized carbons (Fsp3) is 0.103. The number of carbonyl (C=O) groups is 3. The number of methoxy groups -OCH3 is 1. The molecule has 36 heavy (non-hydrogen) atoms. The van der Waals surface area contributed by atoms with E-state index in [0.717, 1.165) is 27.5 Å². The number of allylic oxidation sites excluding steroid dienone is 1. The molecule has 4 rings (SSSR count). The van der Waals surface area contributed by atoms with Crippen LogP contribution in [0.2, 0.25) is 0 Å². The Morgan fingerprint density at radius 3 is 2.44 bits per heavy atom. The van der Waals surface area contributed by atoms with Crippen molar-refractivity contribution in [2.24, 2.45) is 0 Å². The number of rotatable bonds is 7. The maximum atomic E-state index is 12.9. The Balaban J connectivity index is 1.54. The van der Waals surface area contributed by atoms with E-state index in [-0.39, 0.29) is 22.7 Å². The van der Waals surface area contributed by atoms with Gasteiger partial charge in [-0.25, -0.2) is 4.79 Å². The number of hydrogen-bond donors (Lipinski definition) is 2. The van der Waals surface area contributed by atoms with Gasteiger partial charge in [-0.05, 0) is 64.7 Å². The molecule has 0 fully saturated rings. The van der Waals surface area contributed by atoms with E-state index in [2.05, 4.69) is 15.6 Å². The van der Waals surface area contributed by atoms with Gasteiger partial charge in [0.1, 0.15) is 0 Å². The molecule has 0 aliphatic rings. The molecule has 1 heterocycles. The summed E-state index contributed by atoms with van der Waals surface area (Å²) in [5.41, 5.74) is 3.12. The highest BCUT2D eigenvalue weighted by molar-refractivity contribution is 6.09. The molecule has 1 aromatic heterocycles. The Labute approximate surface area is 208 Å². The second-order valence-corrected chi connectivity index (χ2v) is 8.17. The van der Waals surface area contributed by atoms with Gasteiger partial charge < -0.3 is 15.4 Å². The van der Waals surface area contributed by atoms with Crippen molar-refractivity contribution in [1.82, 2.24) is 10.3 Å². The highest BCUT2D eigenvalue weighted by Crippen LogP contribution is 2.23. The van der Waals surface area contributed by atoms with Crippen LogP contribution in [0, 0.1) is 0 Å². The van der Waals surface area contributed by atoms with Crippen LogP contribution < -0.4 is 10.6 Å². The lowest BCUT2D eigenvalue weighted by Crippen LogP contribution is -2.23. The largest absolute Gasteiger partial charge is 0.465 e. The van der Waals surface area contributed by atoms with Gasteiger partial charge in [0.05, 0.1) is 18.4 Å². The molecule has 0 atom stereocenters. The zero-order valence-corrected chi connectivity index (χ0v) is 19.9. The number of aromatic nitrogens is 1.